The lowest BCUT2D eigenvalue weighted by Gasteiger charge is -2.21. The normalized spacial score (nSPS) is 13.9. The van der Waals surface area contributed by atoms with Crippen LogP contribution in [0.4, 0.5) is 0 Å². The number of nitrogens with one attached hydrogen (secondary N) is 1. The van der Waals surface area contributed by atoms with E-state index in [2.05, 4.69) is 5.32 Å². The minimum absolute atomic E-state index is 0.0772. The second kappa shape index (κ2) is 6.33. The average molecular weight is 263 g/mol. The Kier molecular flexibility index (Phi) is 5.06. The van der Waals surface area contributed by atoms with Gasteiger partial charge >= 0.3 is 0 Å². The highest BCUT2D eigenvalue weighted by atomic mass is 16.2. The molecular weight excluding hydrogens is 242 g/mol. The van der Waals surface area contributed by atoms with Crippen LogP contribution in [0.25, 0.3) is 0 Å². The molecule has 1 aromatic rings. The van der Waals surface area contributed by atoms with E-state index in [1.807, 2.05) is 32.9 Å². The lowest BCUT2D eigenvalue weighted by Crippen LogP contribution is -2.50. The van der Waals surface area contributed by atoms with Crippen LogP contribution in [0.2, 0.25) is 0 Å². The summed E-state index contributed by atoms with van der Waals surface area (Å²) < 4.78 is 0. The highest BCUT2D eigenvalue weighted by Crippen LogP contribution is 2.12. The Morgan fingerprint density at radius 1 is 1.16 bits per heavy atom. The van der Waals surface area contributed by atoms with E-state index >= 15 is 0 Å². The van der Waals surface area contributed by atoms with Gasteiger partial charge in [0.05, 0.1) is 0 Å². The molecule has 5 heteroatoms. The first-order valence-corrected chi connectivity index (χ1v) is 6.24. The Morgan fingerprint density at radius 2 is 1.68 bits per heavy atom. The summed E-state index contributed by atoms with van der Waals surface area (Å²) in [6.45, 7) is 5.58. The monoisotopic (exact) mass is 263 g/mol. The first-order chi connectivity index (χ1) is 8.82. The lowest BCUT2D eigenvalue weighted by molar-refractivity contribution is -0.129. The molecule has 0 heterocycles. The van der Waals surface area contributed by atoms with Gasteiger partial charge in [0.15, 0.2) is 0 Å². The highest BCUT2D eigenvalue weighted by molar-refractivity contribution is 5.89. The van der Waals surface area contributed by atoms with E-state index in [9.17, 15) is 9.59 Å². The van der Waals surface area contributed by atoms with E-state index in [4.69, 9.17) is 11.5 Å². The van der Waals surface area contributed by atoms with Crippen LogP contribution < -0.4 is 16.8 Å². The van der Waals surface area contributed by atoms with Crippen molar-refractivity contribution in [3.63, 3.8) is 0 Å². The second-order valence-corrected chi connectivity index (χ2v) is 5.02. The van der Waals surface area contributed by atoms with Gasteiger partial charge in [0.1, 0.15) is 12.1 Å². The van der Waals surface area contributed by atoms with E-state index in [1.165, 1.54) is 0 Å². The molecule has 0 radical (unpaired) electrons. The van der Waals surface area contributed by atoms with Crippen molar-refractivity contribution in [1.29, 1.82) is 0 Å². The Balaban J connectivity index is 2.77. The molecule has 19 heavy (non-hydrogen) atoms. The quantitative estimate of drug-likeness (QED) is 0.726. The van der Waals surface area contributed by atoms with E-state index < -0.39 is 23.9 Å². The van der Waals surface area contributed by atoms with Gasteiger partial charge in [0.2, 0.25) is 11.8 Å². The Labute approximate surface area is 113 Å². The number of primary amides is 1. The van der Waals surface area contributed by atoms with E-state index in [0.29, 0.717) is 5.56 Å². The third-order valence-electron chi connectivity index (χ3n) is 2.99. The number of carbonyl (C=O) groups excluding carboxylic acids is 2. The van der Waals surface area contributed by atoms with Gasteiger partial charge in [-0.15, -0.1) is 0 Å². The zero-order chi connectivity index (χ0) is 14.6. The zero-order valence-electron chi connectivity index (χ0n) is 11.5. The van der Waals surface area contributed by atoms with Gasteiger partial charge < -0.3 is 16.8 Å². The zero-order valence-corrected chi connectivity index (χ0v) is 11.5. The summed E-state index contributed by atoms with van der Waals surface area (Å²) in [4.78, 5) is 23.3. The summed E-state index contributed by atoms with van der Waals surface area (Å²) in [7, 11) is 0. The van der Waals surface area contributed by atoms with Gasteiger partial charge in [0.25, 0.3) is 0 Å². The minimum Gasteiger partial charge on any atom is -0.368 e. The van der Waals surface area contributed by atoms with E-state index in [0.717, 1.165) is 5.56 Å². The molecule has 5 nitrogen and oxygen atoms in total. The summed E-state index contributed by atoms with van der Waals surface area (Å²) in [5.74, 6) is -1.03. The first kappa shape index (κ1) is 15.2. The topological polar surface area (TPSA) is 98.2 Å². The van der Waals surface area contributed by atoms with Crippen LogP contribution in [-0.2, 0) is 9.59 Å². The number of carbonyl (C=O) groups is 2. The van der Waals surface area contributed by atoms with Crippen LogP contribution in [-0.4, -0.2) is 17.9 Å². The highest BCUT2D eigenvalue weighted by Gasteiger charge is 2.25. The molecule has 2 unspecified atom stereocenters. The third-order valence-corrected chi connectivity index (χ3v) is 2.99. The van der Waals surface area contributed by atoms with Crippen molar-refractivity contribution >= 4 is 11.8 Å². The van der Waals surface area contributed by atoms with Crippen LogP contribution in [0.5, 0.6) is 0 Å². The molecule has 0 aliphatic rings. The van der Waals surface area contributed by atoms with Crippen molar-refractivity contribution in [3.05, 3.63) is 35.4 Å². The van der Waals surface area contributed by atoms with Gasteiger partial charge in [-0.2, -0.15) is 0 Å². The summed E-state index contributed by atoms with van der Waals surface area (Å²) >= 11 is 0. The van der Waals surface area contributed by atoms with Crippen LogP contribution in [0.3, 0.4) is 0 Å². The summed E-state index contributed by atoms with van der Waals surface area (Å²) in [5, 5.41) is 2.59. The number of aryl methyl sites for hydroxylation is 1. The molecule has 0 aromatic heterocycles. The lowest BCUT2D eigenvalue weighted by atomic mass is 10.0. The minimum atomic E-state index is -0.804. The number of rotatable bonds is 5. The number of hydrogen-bond acceptors (Lipinski definition) is 3. The molecule has 0 aliphatic heterocycles. The maximum Gasteiger partial charge on any atom is 0.242 e. The third kappa shape index (κ3) is 4.06. The molecule has 5 N–H and O–H groups in total. The van der Waals surface area contributed by atoms with Gasteiger partial charge in [0, 0.05) is 0 Å². The molecule has 104 valence electrons. The van der Waals surface area contributed by atoms with Gasteiger partial charge in [-0.1, -0.05) is 43.7 Å². The Hall–Kier alpha value is -1.88. The van der Waals surface area contributed by atoms with E-state index in [1.54, 1.807) is 12.1 Å². The molecule has 1 rings (SSSR count). The molecular formula is C14H21N3O2. The van der Waals surface area contributed by atoms with Gasteiger partial charge in [-0.3, -0.25) is 9.59 Å². The van der Waals surface area contributed by atoms with Gasteiger partial charge in [-0.25, -0.2) is 0 Å². The number of amides is 2. The van der Waals surface area contributed by atoms with Crippen LogP contribution in [0, 0.1) is 12.8 Å². The maximum atomic E-state index is 12.0. The van der Waals surface area contributed by atoms with Crippen molar-refractivity contribution in [2.45, 2.75) is 32.9 Å². The predicted molar refractivity (Wildman–Crippen MR) is 74.1 cm³/mol. The van der Waals surface area contributed by atoms with Crippen molar-refractivity contribution in [2.75, 3.05) is 0 Å². The smallest absolute Gasteiger partial charge is 0.242 e. The standard InChI is InChI=1S/C14H21N3O2/c1-8(2)12(13(16)18)17-14(19)11(15)10-6-4-9(3)5-7-10/h4-8,11-12H,15H2,1-3H3,(H2,16,18)(H,17,19). The largest absolute Gasteiger partial charge is 0.368 e. The molecule has 1 aromatic carbocycles. The molecule has 0 fully saturated rings. The molecule has 0 saturated heterocycles. The molecule has 0 bridgehead atoms. The molecule has 0 saturated carbocycles. The summed E-state index contributed by atoms with van der Waals surface area (Å²) in [6, 6.07) is 5.86. The Morgan fingerprint density at radius 3 is 2.11 bits per heavy atom. The average Bonchev–Trinajstić information content (AvgIpc) is 2.34. The predicted octanol–water partition coefficient (Wildman–Crippen LogP) is 0.621. The van der Waals surface area contributed by atoms with Crippen LogP contribution in [0.15, 0.2) is 24.3 Å². The summed E-state index contributed by atoms with van der Waals surface area (Å²) in [6.07, 6.45) is 0. The van der Waals surface area contributed by atoms with Crippen molar-refractivity contribution < 1.29 is 9.59 Å². The summed E-state index contributed by atoms with van der Waals surface area (Å²) in [5.41, 5.74) is 12.9. The van der Waals surface area contributed by atoms with Crippen molar-refractivity contribution in [2.24, 2.45) is 17.4 Å². The number of hydrogen-bond donors (Lipinski definition) is 3. The Bertz CT molecular complexity index is 454. The molecule has 2 amide bonds. The number of nitrogens with two attached hydrogens (primary N) is 2. The van der Waals surface area contributed by atoms with Crippen LogP contribution in [0.1, 0.15) is 31.0 Å². The first-order valence-electron chi connectivity index (χ1n) is 6.24. The van der Waals surface area contributed by atoms with Gasteiger partial charge in [-0.05, 0) is 18.4 Å². The van der Waals surface area contributed by atoms with Crippen molar-refractivity contribution in [1.82, 2.24) is 5.32 Å². The van der Waals surface area contributed by atoms with E-state index in [-0.39, 0.29) is 5.92 Å². The van der Waals surface area contributed by atoms with Crippen molar-refractivity contribution in [3.8, 4) is 0 Å². The number of benzene rings is 1. The van der Waals surface area contributed by atoms with Crippen LogP contribution >= 0.6 is 0 Å². The second-order valence-electron chi connectivity index (χ2n) is 5.02. The molecule has 0 aliphatic carbocycles. The fraction of sp³-hybridized carbons (Fsp3) is 0.429. The molecule has 2 atom stereocenters. The fourth-order valence-corrected chi connectivity index (χ4v) is 1.73. The SMILES string of the molecule is Cc1ccc(C(N)C(=O)NC(C(N)=O)C(C)C)cc1. The maximum absolute atomic E-state index is 12.0. The molecule has 0 spiro atoms. The fourth-order valence-electron chi connectivity index (χ4n) is 1.73.